The molecule has 0 heterocycles. The molecule has 1 amide bonds. The standard InChI is InChI=1S/C15H24N2O2/c1-10(2)13(8-16)15(18)17-9-12-5-6-14(19-4)11(3)7-12/h5-7,10,13H,8-9,16H2,1-4H3,(H,17,18). The molecule has 3 N–H and O–H groups in total. The van der Waals surface area contributed by atoms with Gasteiger partial charge >= 0.3 is 0 Å². The summed E-state index contributed by atoms with van der Waals surface area (Å²) in [6, 6.07) is 5.89. The van der Waals surface area contributed by atoms with Gasteiger partial charge in [0.1, 0.15) is 5.75 Å². The number of methoxy groups -OCH3 is 1. The molecule has 0 saturated carbocycles. The Hall–Kier alpha value is -1.55. The van der Waals surface area contributed by atoms with E-state index in [1.54, 1.807) is 7.11 Å². The number of hydrogen-bond donors (Lipinski definition) is 2. The van der Waals surface area contributed by atoms with Crippen LogP contribution in [0.3, 0.4) is 0 Å². The molecule has 19 heavy (non-hydrogen) atoms. The van der Waals surface area contributed by atoms with Gasteiger partial charge in [-0.3, -0.25) is 4.79 Å². The summed E-state index contributed by atoms with van der Waals surface area (Å²) in [4.78, 5) is 12.0. The topological polar surface area (TPSA) is 64.3 Å². The van der Waals surface area contributed by atoms with E-state index >= 15 is 0 Å². The van der Waals surface area contributed by atoms with Crippen molar-refractivity contribution in [2.45, 2.75) is 27.3 Å². The number of hydrogen-bond acceptors (Lipinski definition) is 3. The molecule has 1 rings (SSSR count). The van der Waals surface area contributed by atoms with Gasteiger partial charge in [-0.15, -0.1) is 0 Å². The Morgan fingerprint density at radius 1 is 1.42 bits per heavy atom. The molecule has 0 radical (unpaired) electrons. The molecule has 0 fully saturated rings. The van der Waals surface area contributed by atoms with Crippen molar-refractivity contribution in [1.29, 1.82) is 0 Å². The van der Waals surface area contributed by atoms with Crippen LogP contribution in [-0.4, -0.2) is 19.6 Å². The number of nitrogens with two attached hydrogens (primary N) is 1. The molecule has 0 spiro atoms. The Labute approximate surface area is 115 Å². The third-order valence-electron chi connectivity index (χ3n) is 3.32. The Morgan fingerprint density at radius 3 is 2.58 bits per heavy atom. The second kappa shape index (κ2) is 7.14. The third-order valence-corrected chi connectivity index (χ3v) is 3.32. The maximum atomic E-state index is 12.0. The molecule has 4 nitrogen and oxygen atoms in total. The van der Waals surface area contributed by atoms with Crippen LogP contribution in [0.2, 0.25) is 0 Å². The van der Waals surface area contributed by atoms with Gasteiger partial charge in [0.2, 0.25) is 5.91 Å². The molecule has 1 aromatic rings. The first-order chi connectivity index (χ1) is 8.99. The van der Waals surface area contributed by atoms with Gasteiger partial charge < -0.3 is 15.8 Å². The summed E-state index contributed by atoms with van der Waals surface area (Å²) in [5.74, 6) is 1.00. The number of benzene rings is 1. The zero-order chi connectivity index (χ0) is 14.4. The molecule has 1 atom stereocenters. The van der Waals surface area contributed by atoms with E-state index in [1.165, 1.54) is 0 Å². The van der Waals surface area contributed by atoms with E-state index in [0.717, 1.165) is 16.9 Å². The fraction of sp³-hybridized carbons (Fsp3) is 0.533. The highest BCUT2D eigenvalue weighted by Gasteiger charge is 2.19. The van der Waals surface area contributed by atoms with Gasteiger partial charge in [-0.1, -0.05) is 26.0 Å². The average Bonchev–Trinajstić information content (AvgIpc) is 2.37. The molecular weight excluding hydrogens is 240 g/mol. The first-order valence-corrected chi connectivity index (χ1v) is 6.60. The minimum absolute atomic E-state index is 0.0194. The Balaban J connectivity index is 2.61. The van der Waals surface area contributed by atoms with Crippen molar-refractivity contribution in [3.8, 4) is 5.75 Å². The van der Waals surface area contributed by atoms with Gasteiger partial charge in [-0.25, -0.2) is 0 Å². The summed E-state index contributed by atoms with van der Waals surface area (Å²) in [6.45, 7) is 6.91. The smallest absolute Gasteiger partial charge is 0.224 e. The highest BCUT2D eigenvalue weighted by atomic mass is 16.5. The number of carbonyl (C=O) groups is 1. The summed E-state index contributed by atoms with van der Waals surface area (Å²) in [7, 11) is 1.65. The summed E-state index contributed by atoms with van der Waals surface area (Å²) >= 11 is 0. The van der Waals surface area contributed by atoms with Crippen LogP contribution in [0.25, 0.3) is 0 Å². The SMILES string of the molecule is COc1ccc(CNC(=O)C(CN)C(C)C)cc1C. The highest BCUT2D eigenvalue weighted by molar-refractivity contribution is 5.79. The lowest BCUT2D eigenvalue weighted by atomic mass is 9.95. The minimum Gasteiger partial charge on any atom is -0.496 e. The molecular formula is C15H24N2O2. The van der Waals surface area contributed by atoms with E-state index in [2.05, 4.69) is 5.32 Å². The van der Waals surface area contributed by atoms with Crippen molar-refractivity contribution in [1.82, 2.24) is 5.32 Å². The van der Waals surface area contributed by atoms with Gasteiger partial charge in [0.05, 0.1) is 13.0 Å². The van der Waals surface area contributed by atoms with Gasteiger partial charge in [0, 0.05) is 13.1 Å². The first kappa shape index (κ1) is 15.5. The fourth-order valence-electron chi connectivity index (χ4n) is 2.05. The monoisotopic (exact) mass is 264 g/mol. The van der Waals surface area contributed by atoms with Crippen LogP contribution < -0.4 is 15.8 Å². The number of amides is 1. The van der Waals surface area contributed by atoms with Crippen LogP contribution in [0.4, 0.5) is 0 Å². The predicted octanol–water partition coefficient (Wildman–Crippen LogP) is 1.85. The second-order valence-electron chi connectivity index (χ2n) is 5.11. The van der Waals surface area contributed by atoms with Crippen molar-refractivity contribution in [2.75, 3.05) is 13.7 Å². The van der Waals surface area contributed by atoms with Crippen LogP contribution in [0.1, 0.15) is 25.0 Å². The number of rotatable bonds is 6. The zero-order valence-corrected chi connectivity index (χ0v) is 12.2. The van der Waals surface area contributed by atoms with E-state index < -0.39 is 0 Å². The number of ether oxygens (including phenoxy) is 1. The van der Waals surface area contributed by atoms with Crippen LogP contribution in [0.15, 0.2) is 18.2 Å². The van der Waals surface area contributed by atoms with Gasteiger partial charge in [0.15, 0.2) is 0 Å². The Morgan fingerprint density at radius 2 is 2.11 bits per heavy atom. The largest absolute Gasteiger partial charge is 0.496 e. The van der Waals surface area contributed by atoms with Crippen molar-refractivity contribution >= 4 is 5.91 Å². The molecule has 1 unspecified atom stereocenters. The molecule has 0 aromatic heterocycles. The maximum absolute atomic E-state index is 12.0. The van der Waals surface area contributed by atoms with E-state index in [0.29, 0.717) is 13.1 Å². The van der Waals surface area contributed by atoms with Crippen LogP contribution in [-0.2, 0) is 11.3 Å². The van der Waals surface area contributed by atoms with Crippen molar-refractivity contribution in [3.05, 3.63) is 29.3 Å². The fourth-order valence-corrected chi connectivity index (χ4v) is 2.05. The van der Waals surface area contributed by atoms with Crippen LogP contribution >= 0.6 is 0 Å². The van der Waals surface area contributed by atoms with Gasteiger partial charge in [-0.2, -0.15) is 0 Å². The summed E-state index contributed by atoms with van der Waals surface area (Å²) < 4.78 is 5.21. The summed E-state index contributed by atoms with van der Waals surface area (Å²) in [6.07, 6.45) is 0. The van der Waals surface area contributed by atoms with E-state index in [-0.39, 0.29) is 17.7 Å². The van der Waals surface area contributed by atoms with Crippen LogP contribution in [0.5, 0.6) is 5.75 Å². The quantitative estimate of drug-likeness (QED) is 0.824. The van der Waals surface area contributed by atoms with Crippen LogP contribution in [0, 0.1) is 18.8 Å². The molecule has 1 aromatic carbocycles. The molecule has 0 aliphatic carbocycles. The number of nitrogens with one attached hydrogen (secondary N) is 1. The first-order valence-electron chi connectivity index (χ1n) is 6.60. The molecule has 4 heteroatoms. The number of aryl methyl sites for hydroxylation is 1. The van der Waals surface area contributed by atoms with Crippen molar-refractivity contribution in [3.63, 3.8) is 0 Å². The third kappa shape index (κ3) is 4.24. The van der Waals surface area contributed by atoms with E-state index in [4.69, 9.17) is 10.5 Å². The molecule has 106 valence electrons. The summed E-state index contributed by atoms with van der Waals surface area (Å²) in [5.41, 5.74) is 7.75. The lowest BCUT2D eigenvalue weighted by Gasteiger charge is -2.18. The Bertz CT molecular complexity index is 430. The Kier molecular flexibility index (Phi) is 5.83. The lowest BCUT2D eigenvalue weighted by molar-refractivity contribution is -0.126. The van der Waals surface area contributed by atoms with Gasteiger partial charge in [-0.05, 0) is 30.0 Å². The van der Waals surface area contributed by atoms with Crippen molar-refractivity contribution < 1.29 is 9.53 Å². The minimum atomic E-state index is -0.126. The summed E-state index contributed by atoms with van der Waals surface area (Å²) in [5, 5.41) is 2.94. The molecule has 0 bridgehead atoms. The van der Waals surface area contributed by atoms with Crippen molar-refractivity contribution in [2.24, 2.45) is 17.6 Å². The zero-order valence-electron chi connectivity index (χ0n) is 12.2. The average molecular weight is 264 g/mol. The molecule has 0 aliphatic heterocycles. The van der Waals surface area contributed by atoms with Gasteiger partial charge in [0.25, 0.3) is 0 Å². The second-order valence-corrected chi connectivity index (χ2v) is 5.11. The lowest BCUT2D eigenvalue weighted by Crippen LogP contribution is -2.37. The molecule has 0 aliphatic rings. The van der Waals surface area contributed by atoms with E-state index in [9.17, 15) is 4.79 Å². The highest BCUT2D eigenvalue weighted by Crippen LogP contribution is 2.18. The predicted molar refractivity (Wildman–Crippen MR) is 77.0 cm³/mol. The normalized spacial score (nSPS) is 12.3. The number of carbonyl (C=O) groups excluding carboxylic acids is 1. The molecule has 0 saturated heterocycles. The maximum Gasteiger partial charge on any atom is 0.224 e. The van der Waals surface area contributed by atoms with E-state index in [1.807, 2.05) is 39.0 Å².